The Morgan fingerprint density at radius 3 is 1.70 bits per heavy atom. The second-order valence-electron chi connectivity index (χ2n) is 2.62. The Morgan fingerprint density at radius 2 is 1.30 bits per heavy atom. The van der Waals surface area contributed by atoms with Crippen molar-refractivity contribution in [1.82, 2.24) is 9.13 Å². The molecule has 0 aromatic carbocycles. The number of aryl methyl sites for hydroxylation is 2. The number of hydrogen-bond donors (Lipinski definition) is 0. The lowest BCUT2D eigenvalue weighted by molar-refractivity contribution is 0.969. The van der Waals surface area contributed by atoms with E-state index in [0.717, 1.165) is 0 Å². The Labute approximate surface area is 59.7 Å². The van der Waals surface area contributed by atoms with Gasteiger partial charge in [0.2, 0.25) is 0 Å². The molecule has 2 aromatic rings. The topological polar surface area (TPSA) is 9.86 Å². The van der Waals surface area contributed by atoms with Crippen LogP contribution in [-0.4, -0.2) is 9.13 Å². The molecule has 2 aromatic heterocycles. The maximum Gasteiger partial charge on any atom is 0.0659 e. The highest BCUT2D eigenvalue weighted by molar-refractivity contribution is 5.77. The summed E-state index contributed by atoms with van der Waals surface area (Å²) < 4.78 is 4.24. The lowest BCUT2D eigenvalue weighted by Gasteiger charge is -1.88. The minimum atomic E-state index is 1.29. The minimum absolute atomic E-state index is 1.29. The Morgan fingerprint density at radius 1 is 0.900 bits per heavy atom. The highest BCUT2D eigenvalue weighted by Crippen LogP contribution is 2.13. The van der Waals surface area contributed by atoms with E-state index in [1.807, 2.05) is 0 Å². The van der Waals surface area contributed by atoms with Gasteiger partial charge in [0.15, 0.2) is 0 Å². The largest absolute Gasteiger partial charge is 0.349 e. The van der Waals surface area contributed by atoms with Crippen molar-refractivity contribution in [3.05, 3.63) is 24.5 Å². The molecule has 0 saturated carbocycles. The summed E-state index contributed by atoms with van der Waals surface area (Å²) in [7, 11) is 4.12. The van der Waals surface area contributed by atoms with Gasteiger partial charge in [-0.1, -0.05) is 0 Å². The molecule has 0 amide bonds. The summed E-state index contributed by atoms with van der Waals surface area (Å²) in [5.41, 5.74) is 2.59. The van der Waals surface area contributed by atoms with Crippen molar-refractivity contribution in [1.29, 1.82) is 0 Å². The van der Waals surface area contributed by atoms with Gasteiger partial charge in [0.25, 0.3) is 0 Å². The van der Waals surface area contributed by atoms with Crippen LogP contribution < -0.4 is 0 Å². The molecule has 0 aliphatic carbocycles. The summed E-state index contributed by atoms with van der Waals surface area (Å²) in [5.74, 6) is 0. The first-order chi connectivity index (χ1) is 4.79. The molecule has 0 saturated heterocycles. The van der Waals surface area contributed by atoms with Crippen molar-refractivity contribution >= 4 is 11.0 Å². The fourth-order valence-electron chi connectivity index (χ4n) is 1.29. The predicted octanol–water partition coefficient (Wildman–Crippen LogP) is 1.52. The average Bonchev–Trinajstić information content (AvgIpc) is 2.41. The smallest absolute Gasteiger partial charge is 0.0659 e. The zero-order chi connectivity index (χ0) is 7.14. The van der Waals surface area contributed by atoms with Gasteiger partial charge in [0.05, 0.1) is 11.0 Å². The van der Waals surface area contributed by atoms with Gasteiger partial charge >= 0.3 is 0 Å². The maximum atomic E-state index is 2.12. The van der Waals surface area contributed by atoms with Crippen LogP contribution in [0.2, 0.25) is 0 Å². The van der Waals surface area contributed by atoms with Gasteiger partial charge in [0, 0.05) is 26.5 Å². The summed E-state index contributed by atoms with van der Waals surface area (Å²) in [6.07, 6.45) is 4.15. The van der Waals surface area contributed by atoms with Crippen molar-refractivity contribution < 1.29 is 0 Å². The number of fused-ring (bicyclic) bond motifs is 1. The molecule has 0 aliphatic heterocycles. The Bertz CT molecular complexity index is 318. The first-order valence-electron chi connectivity index (χ1n) is 3.35. The van der Waals surface area contributed by atoms with Crippen LogP contribution >= 0.6 is 0 Å². The number of aromatic nitrogens is 2. The molecule has 2 rings (SSSR count). The predicted molar refractivity (Wildman–Crippen MR) is 41.9 cm³/mol. The van der Waals surface area contributed by atoms with Crippen molar-refractivity contribution in [3.8, 4) is 0 Å². The van der Waals surface area contributed by atoms with Gasteiger partial charge in [-0.2, -0.15) is 0 Å². The molecule has 0 radical (unpaired) electrons. The van der Waals surface area contributed by atoms with Crippen molar-refractivity contribution in [3.63, 3.8) is 0 Å². The molecule has 0 aliphatic rings. The minimum Gasteiger partial charge on any atom is -0.349 e. The quantitative estimate of drug-likeness (QED) is 0.517. The first kappa shape index (κ1) is 5.59. The normalized spacial score (nSPS) is 11.0. The van der Waals surface area contributed by atoms with E-state index >= 15 is 0 Å². The molecule has 2 heterocycles. The third-order valence-corrected chi connectivity index (χ3v) is 1.93. The van der Waals surface area contributed by atoms with E-state index in [9.17, 15) is 0 Å². The van der Waals surface area contributed by atoms with E-state index in [1.165, 1.54) is 11.0 Å². The van der Waals surface area contributed by atoms with Crippen molar-refractivity contribution in [2.75, 3.05) is 0 Å². The lowest BCUT2D eigenvalue weighted by atomic mass is 10.5. The molecule has 0 fully saturated rings. The maximum absolute atomic E-state index is 2.12. The summed E-state index contributed by atoms with van der Waals surface area (Å²) in [5, 5.41) is 0. The van der Waals surface area contributed by atoms with Gasteiger partial charge in [-0.05, 0) is 12.1 Å². The zero-order valence-electron chi connectivity index (χ0n) is 6.20. The SMILES string of the molecule is Cn1ccc2c1ccn2C. The molecule has 0 N–H and O–H groups in total. The summed E-state index contributed by atoms with van der Waals surface area (Å²) in [6.45, 7) is 0. The van der Waals surface area contributed by atoms with Crippen LogP contribution in [0.4, 0.5) is 0 Å². The van der Waals surface area contributed by atoms with E-state index in [0.29, 0.717) is 0 Å². The van der Waals surface area contributed by atoms with Crippen molar-refractivity contribution in [2.24, 2.45) is 14.1 Å². The molecule has 52 valence electrons. The van der Waals surface area contributed by atoms with Crippen LogP contribution in [0, 0.1) is 0 Å². The molecule has 2 heteroatoms. The Balaban J connectivity index is 2.95. The number of hydrogen-bond acceptors (Lipinski definition) is 0. The molecule has 0 bridgehead atoms. The van der Waals surface area contributed by atoms with Gasteiger partial charge in [0.1, 0.15) is 0 Å². The van der Waals surface area contributed by atoms with Crippen molar-refractivity contribution in [2.45, 2.75) is 0 Å². The standard InChI is InChI=1S/C8H10N2/c1-9-5-3-8-7(9)4-6-10(8)2/h3-6H,1-2H3. The second kappa shape index (κ2) is 1.66. The third kappa shape index (κ3) is 0.533. The molecule has 0 atom stereocenters. The fraction of sp³-hybridized carbons (Fsp3) is 0.250. The van der Waals surface area contributed by atoms with Crippen LogP contribution in [-0.2, 0) is 14.1 Å². The molecule has 0 unspecified atom stereocenters. The van der Waals surface area contributed by atoms with Crippen LogP contribution in [0.1, 0.15) is 0 Å². The Hall–Kier alpha value is -1.18. The van der Waals surface area contributed by atoms with Gasteiger partial charge in [-0.3, -0.25) is 0 Å². The van der Waals surface area contributed by atoms with Crippen LogP contribution in [0.3, 0.4) is 0 Å². The van der Waals surface area contributed by atoms with E-state index in [1.54, 1.807) is 0 Å². The first-order valence-corrected chi connectivity index (χ1v) is 3.35. The highest BCUT2D eigenvalue weighted by Gasteiger charge is 1.98. The highest BCUT2D eigenvalue weighted by atomic mass is 15.0. The van der Waals surface area contributed by atoms with Crippen LogP contribution in [0.25, 0.3) is 11.0 Å². The summed E-state index contributed by atoms with van der Waals surface area (Å²) in [4.78, 5) is 0. The molecular formula is C8H10N2. The molecular weight excluding hydrogens is 124 g/mol. The summed E-state index contributed by atoms with van der Waals surface area (Å²) >= 11 is 0. The fourth-order valence-corrected chi connectivity index (χ4v) is 1.29. The lowest BCUT2D eigenvalue weighted by Crippen LogP contribution is -1.81. The van der Waals surface area contributed by atoms with Gasteiger partial charge < -0.3 is 9.13 Å². The molecule has 2 nitrogen and oxygen atoms in total. The van der Waals surface area contributed by atoms with E-state index in [-0.39, 0.29) is 0 Å². The second-order valence-corrected chi connectivity index (χ2v) is 2.62. The van der Waals surface area contributed by atoms with Gasteiger partial charge in [-0.25, -0.2) is 0 Å². The monoisotopic (exact) mass is 134 g/mol. The number of rotatable bonds is 0. The van der Waals surface area contributed by atoms with Gasteiger partial charge in [-0.15, -0.1) is 0 Å². The average molecular weight is 134 g/mol. The molecule has 10 heavy (non-hydrogen) atoms. The van der Waals surface area contributed by atoms with Crippen LogP contribution in [0.5, 0.6) is 0 Å². The van der Waals surface area contributed by atoms with Crippen LogP contribution in [0.15, 0.2) is 24.5 Å². The third-order valence-electron chi connectivity index (χ3n) is 1.93. The van der Waals surface area contributed by atoms with E-state index in [4.69, 9.17) is 0 Å². The molecule has 0 spiro atoms. The zero-order valence-corrected chi connectivity index (χ0v) is 6.20. The van der Waals surface area contributed by atoms with E-state index < -0.39 is 0 Å². The Kier molecular flexibility index (Phi) is 0.926. The summed E-state index contributed by atoms with van der Waals surface area (Å²) in [6, 6.07) is 4.24. The number of nitrogens with zero attached hydrogens (tertiary/aromatic N) is 2. The van der Waals surface area contributed by atoms with E-state index in [2.05, 4.69) is 47.8 Å².